The average Bonchev–Trinajstić information content (AvgIpc) is 1.96. The third-order valence-corrected chi connectivity index (χ3v) is 3.28. The predicted octanol–water partition coefficient (Wildman–Crippen LogP) is 4.20. The SMILES string of the molecule is FC(F)c1cc(Cl)nc(Br)c1Br. The Labute approximate surface area is 89.4 Å². The molecule has 0 saturated carbocycles. The Balaban J connectivity index is 3.28. The van der Waals surface area contributed by atoms with Gasteiger partial charge in [0.25, 0.3) is 6.43 Å². The summed E-state index contributed by atoms with van der Waals surface area (Å²) >= 11 is 11.4. The Bertz CT molecular complexity index is 306. The zero-order chi connectivity index (χ0) is 9.30. The lowest BCUT2D eigenvalue weighted by Gasteiger charge is -2.04. The first-order valence-electron chi connectivity index (χ1n) is 2.82. The van der Waals surface area contributed by atoms with Crippen LogP contribution in [-0.4, -0.2) is 4.98 Å². The molecular formula is C6H2Br2ClF2N. The second-order valence-electron chi connectivity index (χ2n) is 1.94. The van der Waals surface area contributed by atoms with Crippen LogP contribution in [0, 0.1) is 0 Å². The zero-order valence-corrected chi connectivity index (χ0v) is 9.42. The molecule has 0 aromatic carbocycles. The van der Waals surface area contributed by atoms with Crippen molar-refractivity contribution in [3.05, 3.63) is 25.9 Å². The van der Waals surface area contributed by atoms with Gasteiger partial charge in [-0.05, 0) is 37.9 Å². The molecule has 0 aliphatic carbocycles. The Morgan fingerprint density at radius 1 is 1.42 bits per heavy atom. The van der Waals surface area contributed by atoms with Crippen molar-refractivity contribution < 1.29 is 8.78 Å². The summed E-state index contributed by atoms with van der Waals surface area (Å²) in [5, 5.41) is 0.0420. The molecule has 0 radical (unpaired) electrons. The van der Waals surface area contributed by atoms with Gasteiger partial charge in [-0.15, -0.1) is 0 Å². The van der Waals surface area contributed by atoms with E-state index in [9.17, 15) is 8.78 Å². The molecule has 0 amide bonds. The topological polar surface area (TPSA) is 12.9 Å². The first kappa shape index (κ1) is 10.3. The fourth-order valence-electron chi connectivity index (χ4n) is 0.645. The van der Waals surface area contributed by atoms with Gasteiger partial charge in [-0.2, -0.15) is 0 Å². The van der Waals surface area contributed by atoms with E-state index < -0.39 is 6.43 Å². The molecule has 1 aromatic heterocycles. The van der Waals surface area contributed by atoms with Crippen molar-refractivity contribution in [2.75, 3.05) is 0 Å². The van der Waals surface area contributed by atoms with E-state index in [0.29, 0.717) is 0 Å². The van der Waals surface area contributed by atoms with Gasteiger partial charge in [0.05, 0.1) is 4.47 Å². The molecular weight excluding hydrogens is 319 g/mol. The van der Waals surface area contributed by atoms with Crippen LogP contribution in [-0.2, 0) is 0 Å². The molecule has 0 bridgehead atoms. The summed E-state index contributed by atoms with van der Waals surface area (Å²) in [5.41, 5.74) is -0.165. The molecule has 1 heterocycles. The minimum absolute atomic E-state index is 0.0420. The summed E-state index contributed by atoms with van der Waals surface area (Å²) in [4.78, 5) is 3.72. The van der Waals surface area contributed by atoms with E-state index in [0.717, 1.165) is 6.07 Å². The molecule has 0 unspecified atom stereocenters. The summed E-state index contributed by atoms with van der Waals surface area (Å²) in [5.74, 6) is 0. The molecule has 1 nitrogen and oxygen atoms in total. The number of alkyl halides is 2. The quantitative estimate of drug-likeness (QED) is 0.707. The highest BCUT2D eigenvalue weighted by molar-refractivity contribution is 9.13. The first-order chi connectivity index (χ1) is 5.52. The molecule has 0 aliphatic rings. The van der Waals surface area contributed by atoms with E-state index >= 15 is 0 Å². The lowest BCUT2D eigenvalue weighted by molar-refractivity contribution is 0.150. The highest BCUT2D eigenvalue weighted by Gasteiger charge is 2.15. The van der Waals surface area contributed by atoms with Crippen LogP contribution in [0.1, 0.15) is 12.0 Å². The van der Waals surface area contributed by atoms with Gasteiger partial charge in [0.2, 0.25) is 0 Å². The molecule has 12 heavy (non-hydrogen) atoms. The van der Waals surface area contributed by atoms with Crippen LogP contribution in [0.2, 0.25) is 5.15 Å². The predicted molar refractivity (Wildman–Crippen MR) is 49.6 cm³/mol. The van der Waals surface area contributed by atoms with Crippen molar-refractivity contribution in [2.45, 2.75) is 6.43 Å². The van der Waals surface area contributed by atoms with Crippen molar-refractivity contribution >= 4 is 43.5 Å². The van der Waals surface area contributed by atoms with Crippen molar-refractivity contribution in [3.63, 3.8) is 0 Å². The van der Waals surface area contributed by atoms with E-state index in [2.05, 4.69) is 36.8 Å². The number of rotatable bonds is 1. The summed E-state index contributed by atoms with van der Waals surface area (Å²) < 4.78 is 25.0. The minimum atomic E-state index is -2.56. The Kier molecular flexibility index (Phi) is 3.43. The Morgan fingerprint density at radius 3 is 2.50 bits per heavy atom. The molecule has 0 N–H and O–H groups in total. The van der Waals surface area contributed by atoms with Crippen LogP contribution in [0.5, 0.6) is 0 Å². The maximum Gasteiger partial charge on any atom is 0.265 e. The summed E-state index contributed by atoms with van der Waals surface area (Å²) in [6.45, 7) is 0. The fraction of sp³-hybridized carbons (Fsp3) is 0.167. The second-order valence-corrected chi connectivity index (χ2v) is 3.87. The van der Waals surface area contributed by atoms with Gasteiger partial charge < -0.3 is 0 Å². The van der Waals surface area contributed by atoms with Gasteiger partial charge in [0, 0.05) is 5.56 Å². The van der Waals surface area contributed by atoms with E-state index in [-0.39, 0.29) is 19.8 Å². The highest BCUT2D eigenvalue weighted by atomic mass is 79.9. The smallest absolute Gasteiger partial charge is 0.228 e. The van der Waals surface area contributed by atoms with Gasteiger partial charge in [-0.25, -0.2) is 13.8 Å². The van der Waals surface area contributed by atoms with E-state index in [1.165, 1.54) is 0 Å². The Hall–Kier alpha value is 0.260. The molecule has 0 spiro atoms. The summed E-state index contributed by atoms with van der Waals surface area (Å²) in [6, 6.07) is 1.13. The third-order valence-electron chi connectivity index (χ3n) is 1.15. The Morgan fingerprint density at radius 2 is 2.00 bits per heavy atom. The van der Waals surface area contributed by atoms with Crippen molar-refractivity contribution in [3.8, 4) is 0 Å². The lowest BCUT2D eigenvalue weighted by Crippen LogP contribution is -1.90. The normalized spacial score (nSPS) is 10.8. The zero-order valence-electron chi connectivity index (χ0n) is 5.49. The number of hydrogen-bond acceptors (Lipinski definition) is 1. The van der Waals surface area contributed by atoms with Gasteiger partial charge in [-0.1, -0.05) is 11.6 Å². The first-order valence-corrected chi connectivity index (χ1v) is 4.78. The van der Waals surface area contributed by atoms with Crippen LogP contribution in [0.4, 0.5) is 8.78 Å². The van der Waals surface area contributed by atoms with E-state index in [1.54, 1.807) is 0 Å². The molecule has 66 valence electrons. The standard InChI is InChI=1S/C6H2Br2ClF2N/c7-4-2(6(10)11)1-3(9)12-5(4)8/h1,6H. The fourth-order valence-corrected chi connectivity index (χ4v) is 1.74. The van der Waals surface area contributed by atoms with Crippen molar-refractivity contribution in [1.29, 1.82) is 0 Å². The highest BCUT2D eigenvalue weighted by Crippen LogP contribution is 2.33. The van der Waals surface area contributed by atoms with Crippen molar-refractivity contribution in [2.24, 2.45) is 0 Å². The van der Waals surface area contributed by atoms with Crippen LogP contribution < -0.4 is 0 Å². The molecule has 0 fully saturated rings. The maximum absolute atomic E-state index is 12.3. The molecule has 0 saturated heterocycles. The number of nitrogens with zero attached hydrogens (tertiary/aromatic N) is 1. The van der Waals surface area contributed by atoms with Crippen LogP contribution in [0.3, 0.4) is 0 Å². The van der Waals surface area contributed by atoms with Crippen molar-refractivity contribution in [1.82, 2.24) is 4.98 Å². The van der Waals surface area contributed by atoms with Crippen LogP contribution in [0.25, 0.3) is 0 Å². The average molecular weight is 321 g/mol. The largest absolute Gasteiger partial charge is 0.265 e. The number of aromatic nitrogens is 1. The van der Waals surface area contributed by atoms with Gasteiger partial charge in [0.1, 0.15) is 9.76 Å². The molecule has 1 rings (SSSR count). The molecule has 0 atom stereocenters. The number of halogens is 5. The molecule has 1 aromatic rings. The van der Waals surface area contributed by atoms with Gasteiger partial charge >= 0.3 is 0 Å². The van der Waals surface area contributed by atoms with E-state index in [4.69, 9.17) is 11.6 Å². The van der Waals surface area contributed by atoms with E-state index in [1.807, 2.05) is 0 Å². The van der Waals surface area contributed by atoms with Crippen LogP contribution >= 0.6 is 43.5 Å². The summed E-state index contributed by atoms with van der Waals surface area (Å²) in [6.07, 6.45) is -2.56. The lowest BCUT2D eigenvalue weighted by atomic mass is 10.3. The molecule has 6 heteroatoms. The second kappa shape index (κ2) is 3.98. The number of pyridine rings is 1. The van der Waals surface area contributed by atoms with Gasteiger partial charge in [-0.3, -0.25) is 0 Å². The van der Waals surface area contributed by atoms with Gasteiger partial charge in [0.15, 0.2) is 0 Å². The minimum Gasteiger partial charge on any atom is -0.228 e. The third kappa shape index (κ3) is 2.14. The monoisotopic (exact) mass is 319 g/mol. The summed E-state index contributed by atoms with van der Waals surface area (Å²) in [7, 11) is 0. The molecule has 0 aliphatic heterocycles. The number of hydrogen-bond donors (Lipinski definition) is 0. The van der Waals surface area contributed by atoms with Crippen LogP contribution in [0.15, 0.2) is 15.1 Å². The maximum atomic E-state index is 12.3.